The van der Waals surface area contributed by atoms with Crippen molar-refractivity contribution in [3.8, 4) is 0 Å². The van der Waals surface area contributed by atoms with Gasteiger partial charge in [0.15, 0.2) is 0 Å². The van der Waals surface area contributed by atoms with Crippen LogP contribution in [0.1, 0.15) is 149 Å². The molecule has 0 radical (unpaired) electrons. The second-order valence-electron chi connectivity index (χ2n) is 9.51. The van der Waals surface area contributed by atoms with Gasteiger partial charge in [-0.15, -0.1) is 0 Å². The third-order valence-electron chi connectivity index (χ3n) is 6.60. The van der Waals surface area contributed by atoms with Gasteiger partial charge in [-0.1, -0.05) is 111 Å². The van der Waals surface area contributed by atoms with E-state index in [9.17, 15) is 0 Å². The summed E-state index contributed by atoms with van der Waals surface area (Å²) in [4.78, 5) is 0. The molecule has 1 rings (SSSR count). The van der Waals surface area contributed by atoms with Crippen LogP contribution in [0.2, 0.25) is 0 Å². The monoisotopic (exact) mass is 419 g/mol. The van der Waals surface area contributed by atoms with E-state index in [1.54, 1.807) is 5.82 Å². The molecule has 1 aromatic heterocycles. The Morgan fingerprint density at radius 3 is 1.60 bits per heavy atom. The lowest BCUT2D eigenvalue weighted by Gasteiger charge is -2.06. The predicted octanol–water partition coefficient (Wildman–Crippen LogP) is 8.79. The van der Waals surface area contributed by atoms with Crippen LogP contribution in [-0.2, 0) is 19.5 Å². The maximum Gasteiger partial charge on any atom is 0.256 e. The van der Waals surface area contributed by atoms with E-state index in [1.165, 1.54) is 142 Å². The summed E-state index contributed by atoms with van der Waals surface area (Å²) in [6.07, 6.45) is 32.6. The molecule has 0 saturated carbocycles. The first-order chi connectivity index (χ1) is 14.8. The van der Waals surface area contributed by atoms with E-state index in [4.69, 9.17) is 0 Å². The number of hydrogen-bond donors (Lipinski definition) is 0. The van der Waals surface area contributed by atoms with Crippen LogP contribution in [0.4, 0.5) is 0 Å². The van der Waals surface area contributed by atoms with Crippen LogP contribution < -0.4 is 4.57 Å². The summed E-state index contributed by atoms with van der Waals surface area (Å²) in [7, 11) is 0. The molecule has 0 fully saturated rings. The largest absolute Gasteiger partial charge is 0.256 e. The van der Waals surface area contributed by atoms with Gasteiger partial charge in [0.25, 0.3) is 5.82 Å². The van der Waals surface area contributed by atoms with Gasteiger partial charge in [-0.2, -0.15) is 0 Å². The van der Waals surface area contributed by atoms with Crippen molar-refractivity contribution in [1.82, 2.24) is 4.57 Å². The summed E-state index contributed by atoms with van der Waals surface area (Å²) in [5.74, 6) is 1.59. The predicted molar refractivity (Wildman–Crippen MR) is 133 cm³/mol. The standard InChI is InChI=1S/C28H55N2/c1-4-7-10-12-14-15-16-17-19-22-25-30-27-26-29(28(30)23-20-9-6-3)24-21-18-13-11-8-5-2/h26-27H,4-25H2,1-3H3/q+1. The molecule has 30 heavy (non-hydrogen) atoms. The van der Waals surface area contributed by atoms with Crippen LogP contribution in [0.25, 0.3) is 0 Å². The van der Waals surface area contributed by atoms with Gasteiger partial charge in [0, 0.05) is 6.42 Å². The topological polar surface area (TPSA) is 8.81 Å². The van der Waals surface area contributed by atoms with Crippen molar-refractivity contribution in [1.29, 1.82) is 0 Å². The molecule has 0 bridgehead atoms. The summed E-state index contributed by atoms with van der Waals surface area (Å²) in [5, 5.41) is 0. The summed E-state index contributed by atoms with van der Waals surface area (Å²) in [6, 6.07) is 0. The van der Waals surface area contributed by atoms with Crippen molar-refractivity contribution >= 4 is 0 Å². The highest BCUT2D eigenvalue weighted by Crippen LogP contribution is 2.12. The van der Waals surface area contributed by atoms with Gasteiger partial charge in [0.2, 0.25) is 0 Å². The first kappa shape index (κ1) is 27.2. The molecule has 0 N–H and O–H groups in total. The average Bonchev–Trinajstić information content (AvgIpc) is 3.14. The van der Waals surface area contributed by atoms with Gasteiger partial charge in [0.1, 0.15) is 12.4 Å². The zero-order valence-electron chi connectivity index (χ0n) is 21.1. The Hall–Kier alpha value is -0.790. The fraction of sp³-hybridized carbons (Fsp3) is 0.893. The fourth-order valence-electron chi connectivity index (χ4n) is 4.56. The Bertz CT molecular complexity index is 477. The Morgan fingerprint density at radius 1 is 0.567 bits per heavy atom. The summed E-state index contributed by atoms with van der Waals surface area (Å²) < 4.78 is 5.16. The van der Waals surface area contributed by atoms with Crippen molar-refractivity contribution in [3.63, 3.8) is 0 Å². The second-order valence-corrected chi connectivity index (χ2v) is 9.51. The molecular weight excluding hydrogens is 364 g/mol. The van der Waals surface area contributed by atoms with Crippen LogP contribution in [0.5, 0.6) is 0 Å². The number of aromatic nitrogens is 2. The number of nitrogens with zero attached hydrogens (tertiary/aromatic N) is 2. The lowest BCUT2D eigenvalue weighted by atomic mass is 10.1. The third kappa shape index (κ3) is 13.5. The molecule has 1 aromatic rings. The molecule has 0 aromatic carbocycles. The first-order valence-electron chi connectivity index (χ1n) is 13.9. The highest BCUT2D eigenvalue weighted by atomic mass is 15.1. The number of rotatable bonds is 22. The van der Waals surface area contributed by atoms with Crippen LogP contribution >= 0.6 is 0 Å². The molecule has 176 valence electrons. The number of hydrogen-bond acceptors (Lipinski definition) is 0. The molecule has 0 unspecified atom stereocenters. The van der Waals surface area contributed by atoms with Crippen LogP contribution in [-0.4, -0.2) is 4.57 Å². The quantitative estimate of drug-likeness (QED) is 0.131. The summed E-state index contributed by atoms with van der Waals surface area (Å²) >= 11 is 0. The van der Waals surface area contributed by atoms with Gasteiger partial charge in [-0.3, -0.25) is 0 Å². The first-order valence-corrected chi connectivity index (χ1v) is 13.9. The summed E-state index contributed by atoms with van der Waals surface area (Å²) in [6.45, 7) is 9.36. The molecule has 0 atom stereocenters. The smallest absolute Gasteiger partial charge is 0.234 e. The van der Waals surface area contributed by atoms with E-state index in [1.807, 2.05) is 0 Å². The van der Waals surface area contributed by atoms with E-state index in [2.05, 4.69) is 42.3 Å². The molecule has 0 amide bonds. The third-order valence-corrected chi connectivity index (χ3v) is 6.60. The van der Waals surface area contributed by atoms with E-state index >= 15 is 0 Å². The maximum absolute atomic E-state index is 2.58. The van der Waals surface area contributed by atoms with E-state index in [0.717, 1.165) is 0 Å². The Labute approximate surface area is 189 Å². The molecule has 2 heteroatoms. The highest BCUT2D eigenvalue weighted by Gasteiger charge is 2.16. The SMILES string of the molecule is CCCCCCCCCCCCn1cc[n+](CCCCCCCC)c1CCCCC. The molecular formula is C28H55N2+. The molecule has 0 aliphatic heterocycles. The van der Waals surface area contributed by atoms with Crippen LogP contribution in [0.3, 0.4) is 0 Å². The Balaban J connectivity index is 2.29. The lowest BCUT2D eigenvalue weighted by molar-refractivity contribution is -0.704. The normalized spacial score (nSPS) is 11.4. The second kappa shape index (κ2) is 20.1. The fourth-order valence-corrected chi connectivity index (χ4v) is 4.56. The number of aryl methyl sites for hydroxylation is 2. The average molecular weight is 420 g/mol. The minimum absolute atomic E-state index is 1.22. The van der Waals surface area contributed by atoms with Gasteiger partial charge >= 0.3 is 0 Å². The molecule has 2 nitrogen and oxygen atoms in total. The van der Waals surface area contributed by atoms with Gasteiger partial charge in [-0.05, 0) is 32.1 Å². The van der Waals surface area contributed by atoms with Crippen molar-refractivity contribution < 1.29 is 4.57 Å². The molecule has 0 aliphatic rings. The lowest BCUT2D eigenvalue weighted by Crippen LogP contribution is -2.37. The summed E-state index contributed by atoms with van der Waals surface area (Å²) in [5.41, 5.74) is 0. The van der Waals surface area contributed by atoms with Crippen molar-refractivity contribution in [2.75, 3.05) is 0 Å². The molecule has 0 aliphatic carbocycles. The van der Waals surface area contributed by atoms with Crippen LogP contribution in [0.15, 0.2) is 12.4 Å². The number of unbranched alkanes of at least 4 members (excludes halogenated alkanes) is 16. The molecule has 0 saturated heterocycles. The van der Waals surface area contributed by atoms with Crippen molar-refractivity contribution in [2.24, 2.45) is 0 Å². The van der Waals surface area contributed by atoms with Gasteiger partial charge in [0.05, 0.1) is 13.1 Å². The van der Waals surface area contributed by atoms with Crippen molar-refractivity contribution in [2.45, 2.75) is 162 Å². The van der Waals surface area contributed by atoms with Gasteiger partial charge in [-0.25, -0.2) is 9.13 Å². The molecule has 0 spiro atoms. The van der Waals surface area contributed by atoms with Crippen molar-refractivity contribution in [3.05, 3.63) is 18.2 Å². The number of imidazole rings is 1. The maximum atomic E-state index is 2.58. The Morgan fingerprint density at radius 2 is 1.03 bits per heavy atom. The molecule has 1 heterocycles. The minimum atomic E-state index is 1.22. The van der Waals surface area contributed by atoms with Crippen LogP contribution in [0, 0.1) is 0 Å². The van der Waals surface area contributed by atoms with Gasteiger partial charge < -0.3 is 0 Å². The van der Waals surface area contributed by atoms with E-state index in [0.29, 0.717) is 0 Å². The minimum Gasteiger partial charge on any atom is -0.234 e. The van der Waals surface area contributed by atoms with E-state index < -0.39 is 0 Å². The zero-order valence-corrected chi connectivity index (χ0v) is 21.1. The van der Waals surface area contributed by atoms with E-state index in [-0.39, 0.29) is 0 Å². The zero-order chi connectivity index (χ0) is 21.7. The Kier molecular flexibility index (Phi) is 18.3. The highest BCUT2D eigenvalue weighted by molar-refractivity contribution is 4.84.